The van der Waals surface area contributed by atoms with Gasteiger partial charge in [0.25, 0.3) is 0 Å². The average Bonchev–Trinajstić information content (AvgIpc) is 2.59. The molecule has 3 aliphatic carbocycles. The molecule has 0 aromatic heterocycles. The van der Waals surface area contributed by atoms with Crippen molar-refractivity contribution in [3.63, 3.8) is 0 Å². The van der Waals surface area contributed by atoms with Crippen LogP contribution in [0.2, 0.25) is 0 Å². The molecule has 4 rings (SSSR count). The van der Waals surface area contributed by atoms with Crippen molar-refractivity contribution < 1.29 is 15.3 Å². The fourth-order valence-electron chi connectivity index (χ4n) is 5.68. The zero-order valence-corrected chi connectivity index (χ0v) is 16.0. The minimum atomic E-state index is -0.796. The molecule has 0 heterocycles. The van der Waals surface area contributed by atoms with Crippen LogP contribution in [-0.4, -0.2) is 45.0 Å². The number of hydrogen-bond donors (Lipinski definition) is 3. The highest BCUT2D eigenvalue weighted by molar-refractivity contribution is 5.54. The second kappa shape index (κ2) is 7.05. The van der Waals surface area contributed by atoms with Crippen molar-refractivity contribution in [1.29, 1.82) is 0 Å². The van der Waals surface area contributed by atoms with E-state index in [4.69, 9.17) is 0 Å². The largest absolute Gasteiger partial charge is 0.504 e. The van der Waals surface area contributed by atoms with Crippen molar-refractivity contribution >= 4 is 0 Å². The lowest BCUT2D eigenvalue weighted by molar-refractivity contribution is -0.0995. The van der Waals surface area contributed by atoms with Gasteiger partial charge in [0.05, 0.1) is 5.60 Å². The maximum atomic E-state index is 11.9. The standard InChI is InChI=1S/C22H33NO3/c1-2-12-23(14-15-6-5-7-15)19-13-16-9-10-18(24)21(25)20(16)17-8-3-4-11-22(17,19)26/h9-10,15,17,19,24-26H,2-8,11-14H2,1H3. The van der Waals surface area contributed by atoms with E-state index >= 15 is 0 Å². The molecular weight excluding hydrogens is 326 g/mol. The molecule has 3 N–H and O–H groups in total. The van der Waals surface area contributed by atoms with Crippen molar-refractivity contribution in [3.05, 3.63) is 23.3 Å². The smallest absolute Gasteiger partial charge is 0.161 e. The SMILES string of the molecule is CCCN(CC1CCC1)C1Cc2ccc(O)c(O)c2C2CCCCC21O. The third-order valence-electron chi connectivity index (χ3n) is 7.22. The summed E-state index contributed by atoms with van der Waals surface area (Å²) in [4.78, 5) is 2.55. The first-order valence-corrected chi connectivity index (χ1v) is 10.5. The molecule has 0 saturated heterocycles. The summed E-state index contributed by atoms with van der Waals surface area (Å²) in [5.41, 5.74) is 1.12. The number of aliphatic hydroxyl groups is 1. The minimum absolute atomic E-state index is 0.00712. The third kappa shape index (κ3) is 2.91. The van der Waals surface area contributed by atoms with E-state index in [1.807, 2.05) is 6.07 Å². The molecule has 3 atom stereocenters. The Morgan fingerprint density at radius 1 is 1.12 bits per heavy atom. The predicted molar refractivity (Wildman–Crippen MR) is 103 cm³/mol. The third-order valence-corrected chi connectivity index (χ3v) is 7.22. The van der Waals surface area contributed by atoms with Gasteiger partial charge in [-0.05, 0) is 62.6 Å². The Morgan fingerprint density at radius 2 is 1.92 bits per heavy atom. The Balaban J connectivity index is 1.72. The summed E-state index contributed by atoms with van der Waals surface area (Å²) in [6.45, 7) is 4.33. The van der Waals surface area contributed by atoms with Crippen molar-refractivity contribution in [1.82, 2.24) is 4.90 Å². The molecule has 2 saturated carbocycles. The molecule has 0 aliphatic heterocycles. The van der Waals surface area contributed by atoms with E-state index in [9.17, 15) is 15.3 Å². The Hall–Kier alpha value is -1.26. The number of nitrogens with zero attached hydrogens (tertiary/aromatic N) is 1. The molecule has 4 nitrogen and oxygen atoms in total. The molecule has 0 bridgehead atoms. The molecule has 0 amide bonds. The van der Waals surface area contributed by atoms with Crippen LogP contribution in [0.1, 0.15) is 75.3 Å². The first kappa shape index (κ1) is 18.1. The van der Waals surface area contributed by atoms with Crippen LogP contribution >= 0.6 is 0 Å². The number of rotatable bonds is 5. The minimum Gasteiger partial charge on any atom is -0.504 e. The van der Waals surface area contributed by atoms with Crippen LogP contribution in [0.3, 0.4) is 0 Å². The van der Waals surface area contributed by atoms with Crippen LogP contribution < -0.4 is 0 Å². The first-order chi connectivity index (χ1) is 12.5. The van der Waals surface area contributed by atoms with Crippen molar-refractivity contribution in [2.24, 2.45) is 5.92 Å². The van der Waals surface area contributed by atoms with Gasteiger partial charge >= 0.3 is 0 Å². The Morgan fingerprint density at radius 3 is 2.62 bits per heavy atom. The molecule has 0 radical (unpaired) electrons. The first-order valence-electron chi connectivity index (χ1n) is 10.5. The summed E-state index contributed by atoms with van der Waals surface area (Å²) in [5.74, 6) is 0.641. The van der Waals surface area contributed by atoms with Gasteiger partial charge in [0.2, 0.25) is 0 Å². The fourth-order valence-corrected chi connectivity index (χ4v) is 5.68. The van der Waals surface area contributed by atoms with Crippen molar-refractivity contribution in [2.45, 2.75) is 82.3 Å². The van der Waals surface area contributed by atoms with Gasteiger partial charge in [-0.15, -0.1) is 0 Å². The number of aromatic hydroxyl groups is 2. The van der Waals surface area contributed by atoms with Gasteiger partial charge in [0, 0.05) is 24.1 Å². The van der Waals surface area contributed by atoms with E-state index in [0.717, 1.165) is 68.7 Å². The number of hydrogen-bond acceptors (Lipinski definition) is 4. The van der Waals surface area contributed by atoms with E-state index in [-0.39, 0.29) is 23.5 Å². The highest BCUT2D eigenvalue weighted by Crippen LogP contribution is 2.53. The van der Waals surface area contributed by atoms with Crippen molar-refractivity contribution in [3.8, 4) is 11.5 Å². The summed E-state index contributed by atoms with van der Waals surface area (Å²) >= 11 is 0. The number of fused-ring (bicyclic) bond motifs is 3. The van der Waals surface area contributed by atoms with Crippen LogP contribution in [-0.2, 0) is 6.42 Å². The van der Waals surface area contributed by atoms with Crippen molar-refractivity contribution in [2.75, 3.05) is 13.1 Å². The van der Waals surface area contributed by atoms with Gasteiger partial charge in [0.1, 0.15) is 0 Å². The quantitative estimate of drug-likeness (QED) is 0.697. The maximum absolute atomic E-state index is 11.9. The summed E-state index contributed by atoms with van der Waals surface area (Å²) in [6.07, 6.45) is 9.65. The maximum Gasteiger partial charge on any atom is 0.161 e. The van der Waals surface area contributed by atoms with Gasteiger partial charge in [0.15, 0.2) is 11.5 Å². The van der Waals surface area contributed by atoms with E-state index < -0.39 is 5.60 Å². The fraction of sp³-hybridized carbons (Fsp3) is 0.727. The van der Waals surface area contributed by atoms with Crippen LogP contribution in [0.15, 0.2) is 12.1 Å². The lowest BCUT2D eigenvalue weighted by Gasteiger charge is -2.54. The van der Waals surface area contributed by atoms with Gasteiger partial charge < -0.3 is 15.3 Å². The second-order valence-electron chi connectivity index (χ2n) is 8.81. The Kier molecular flexibility index (Phi) is 4.91. The lowest BCUT2D eigenvalue weighted by atomic mass is 9.61. The predicted octanol–water partition coefficient (Wildman–Crippen LogP) is 3.92. The van der Waals surface area contributed by atoms with Crippen LogP contribution in [0.25, 0.3) is 0 Å². The molecule has 26 heavy (non-hydrogen) atoms. The molecule has 4 heteroatoms. The molecule has 0 spiro atoms. The van der Waals surface area contributed by atoms with E-state index in [2.05, 4.69) is 11.8 Å². The summed E-state index contributed by atoms with van der Waals surface area (Å²) in [6, 6.07) is 3.68. The normalized spacial score (nSPS) is 31.3. The van der Waals surface area contributed by atoms with Gasteiger partial charge in [-0.2, -0.15) is 0 Å². The van der Waals surface area contributed by atoms with Gasteiger partial charge in [-0.1, -0.05) is 32.3 Å². The molecule has 144 valence electrons. The molecule has 1 aromatic carbocycles. The summed E-state index contributed by atoms with van der Waals surface area (Å²) in [5, 5.41) is 32.4. The van der Waals surface area contributed by atoms with Crippen LogP contribution in [0.4, 0.5) is 0 Å². The molecular formula is C22H33NO3. The summed E-state index contributed by atoms with van der Waals surface area (Å²) in [7, 11) is 0. The summed E-state index contributed by atoms with van der Waals surface area (Å²) < 4.78 is 0. The molecule has 1 aromatic rings. The molecule has 2 fully saturated rings. The number of phenolic OH excluding ortho intramolecular Hbond substituents is 2. The topological polar surface area (TPSA) is 63.9 Å². The van der Waals surface area contributed by atoms with Gasteiger partial charge in [-0.25, -0.2) is 0 Å². The van der Waals surface area contributed by atoms with E-state index in [1.54, 1.807) is 6.07 Å². The highest BCUT2D eigenvalue weighted by atomic mass is 16.3. The van der Waals surface area contributed by atoms with E-state index in [1.165, 1.54) is 19.3 Å². The highest BCUT2D eigenvalue weighted by Gasteiger charge is 2.52. The average molecular weight is 360 g/mol. The molecule has 3 aliphatic rings. The zero-order chi connectivity index (χ0) is 18.3. The van der Waals surface area contributed by atoms with Gasteiger partial charge in [-0.3, -0.25) is 4.90 Å². The second-order valence-corrected chi connectivity index (χ2v) is 8.81. The Bertz CT molecular complexity index is 657. The lowest BCUT2D eigenvalue weighted by Crippen LogP contribution is -2.61. The molecule has 3 unspecified atom stereocenters. The van der Waals surface area contributed by atoms with Crippen LogP contribution in [0.5, 0.6) is 11.5 Å². The number of benzene rings is 1. The Labute approximate surface area is 156 Å². The zero-order valence-electron chi connectivity index (χ0n) is 16.0. The number of phenols is 2. The monoisotopic (exact) mass is 359 g/mol. The van der Waals surface area contributed by atoms with Crippen LogP contribution in [0, 0.1) is 5.92 Å². The van der Waals surface area contributed by atoms with E-state index in [0.29, 0.717) is 0 Å².